The number of piperidine rings is 1. The van der Waals surface area contributed by atoms with E-state index in [0.29, 0.717) is 0 Å². The molecule has 0 aromatic rings. The smallest absolute Gasteiger partial charge is 0.00389 e. The van der Waals surface area contributed by atoms with E-state index in [1.165, 1.54) is 45.4 Å². The molecule has 2 aliphatic heterocycles. The second-order valence-electron chi connectivity index (χ2n) is 5.41. The molecule has 0 spiro atoms. The standard InChI is InChI=1S/C12H24N2/c1-10-5-6-14(8-10)9-12-4-3-11(2)13-7-12/h10-13H,3-9H2,1-2H3. The van der Waals surface area contributed by atoms with E-state index in [4.69, 9.17) is 0 Å². The van der Waals surface area contributed by atoms with Crippen molar-refractivity contribution in [2.45, 2.75) is 39.2 Å². The lowest BCUT2D eigenvalue weighted by atomic mass is 9.95. The molecule has 0 aromatic heterocycles. The van der Waals surface area contributed by atoms with Crippen molar-refractivity contribution < 1.29 is 0 Å². The predicted molar refractivity (Wildman–Crippen MR) is 60.4 cm³/mol. The highest BCUT2D eigenvalue weighted by molar-refractivity contribution is 4.80. The molecule has 0 bridgehead atoms. The quantitative estimate of drug-likeness (QED) is 0.723. The van der Waals surface area contributed by atoms with E-state index in [-0.39, 0.29) is 0 Å². The van der Waals surface area contributed by atoms with Crippen molar-refractivity contribution >= 4 is 0 Å². The van der Waals surface area contributed by atoms with Crippen LogP contribution < -0.4 is 5.32 Å². The van der Waals surface area contributed by atoms with Crippen LogP contribution in [0.1, 0.15) is 33.1 Å². The summed E-state index contributed by atoms with van der Waals surface area (Å²) in [6.45, 7) is 9.94. The average Bonchev–Trinajstić information content (AvgIpc) is 2.56. The second-order valence-corrected chi connectivity index (χ2v) is 5.41. The van der Waals surface area contributed by atoms with Crippen molar-refractivity contribution in [3.63, 3.8) is 0 Å². The summed E-state index contributed by atoms with van der Waals surface area (Å²) in [7, 11) is 0. The van der Waals surface area contributed by atoms with E-state index >= 15 is 0 Å². The lowest BCUT2D eigenvalue weighted by Crippen LogP contribution is -2.41. The third-order valence-electron chi connectivity index (χ3n) is 3.79. The molecular formula is C12H24N2. The highest BCUT2D eigenvalue weighted by Gasteiger charge is 2.24. The van der Waals surface area contributed by atoms with Crippen LogP contribution >= 0.6 is 0 Å². The summed E-state index contributed by atoms with van der Waals surface area (Å²) >= 11 is 0. The fraction of sp³-hybridized carbons (Fsp3) is 1.00. The third kappa shape index (κ3) is 2.71. The molecule has 0 saturated carbocycles. The fourth-order valence-electron chi connectivity index (χ4n) is 2.77. The minimum Gasteiger partial charge on any atom is -0.314 e. The Kier molecular flexibility index (Phi) is 3.45. The van der Waals surface area contributed by atoms with Gasteiger partial charge >= 0.3 is 0 Å². The lowest BCUT2D eigenvalue weighted by molar-refractivity contribution is 0.223. The molecule has 82 valence electrons. The van der Waals surface area contributed by atoms with Crippen molar-refractivity contribution in [2.75, 3.05) is 26.2 Å². The van der Waals surface area contributed by atoms with Crippen LogP contribution in [0.5, 0.6) is 0 Å². The number of nitrogens with one attached hydrogen (secondary N) is 1. The maximum atomic E-state index is 3.59. The van der Waals surface area contributed by atoms with Crippen LogP contribution in [0.4, 0.5) is 0 Å². The molecule has 0 amide bonds. The molecule has 2 heteroatoms. The van der Waals surface area contributed by atoms with Crippen molar-refractivity contribution in [3.8, 4) is 0 Å². The molecular weight excluding hydrogens is 172 g/mol. The molecule has 2 saturated heterocycles. The Morgan fingerprint density at radius 2 is 2.07 bits per heavy atom. The minimum atomic E-state index is 0.753. The van der Waals surface area contributed by atoms with Gasteiger partial charge in [0.15, 0.2) is 0 Å². The summed E-state index contributed by atoms with van der Waals surface area (Å²) in [4.78, 5) is 2.66. The first-order chi connectivity index (χ1) is 6.74. The van der Waals surface area contributed by atoms with Gasteiger partial charge in [0.1, 0.15) is 0 Å². The van der Waals surface area contributed by atoms with Crippen molar-refractivity contribution in [2.24, 2.45) is 11.8 Å². The minimum absolute atomic E-state index is 0.753. The van der Waals surface area contributed by atoms with Gasteiger partial charge in [-0.05, 0) is 51.1 Å². The van der Waals surface area contributed by atoms with Gasteiger partial charge in [-0.3, -0.25) is 0 Å². The Labute approximate surface area is 88.1 Å². The van der Waals surface area contributed by atoms with Gasteiger partial charge in [0.2, 0.25) is 0 Å². The number of likely N-dealkylation sites (tertiary alicyclic amines) is 1. The molecule has 0 radical (unpaired) electrons. The van der Waals surface area contributed by atoms with E-state index in [1.54, 1.807) is 0 Å². The molecule has 2 heterocycles. The fourth-order valence-corrected chi connectivity index (χ4v) is 2.77. The van der Waals surface area contributed by atoms with Gasteiger partial charge in [-0.25, -0.2) is 0 Å². The molecule has 0 aromatic carbocycles. The molecule has 2 aliphatic rings. The van der Waals surface area contributed by atoms with Gasteiger partial charge in [0.05, 0.1) is 0 Å². The van der Waals surface area contributed by atoms with Gasteiger partial charge < -0.3 is 10.2 Å². The molecule has 3 unspecified atom stereocenters. The van der Waals surface area contributed by atoms with Crippen LogP contribution in [0.2, 0.25) is 0 Å². The zero-order valence-corrected chi connectivity index (χ0v) is 9.63. The maximum Gasteiger partial charge on any atom is 0.00389 e. The Morgan fingerprint density at radius 1 is 1.21 bits per heavy atom. The zero-order chi connectivity index (χ0) is 9.97. The summed E-state index contributed by atoms with van der Waals surface area (Å²) in [6, 6.07) is 0.753. The summed E-state index contributed by atoms with van der Waals surface area (Å²) in [6.07, 6.45) is 4.21. The van der Waals surface area contributed by atoms with Gasteiger partial charge in [0, 0.05) is 19.1 Å². The monoisotopic (exact) mass is 196 g/mol. The van der Waals surface area contributed by atoms with E-state index in [1.807, 2.05) is 0 Å². The third-order valence-corrected chi connectivity index (χ3v) is 3.79. The number of nitrogens with zero attached hydrogens (tertiary/aromatic N) is 1. The average molecular weight is 196 g/mol. The molecule has 1 N–H and O–H groups in total. The molecule has 3 atom stereocenters. The van der Waals surface area contributed by atoms with Crippen LogP contribution in [-0.2, 0) is 0 Å². The lowest BCUT2D eigenvalue weighted by Gasteiger charge is -2.30. The summed E-state index contributed by atoms with van der Waals surface area (Å²) < 4.78 is 0. The first kappa shape index (κ1) is 10.4. The molecule has 14 heavy (non-hydrogen) atoms. The van der Waals surface area contributed by atoms with Gasteiger partial charge in [-0.2, -0.15) is 0 Å². The van der Waals surface area contributed by atoms with E-state index < -0.39 is 0 Å². The van der Waals surface area contributed by atoms with E-state index in [0.717, 1.165) is 17.9 Å². The molecule has 2 fully saturated rings. The topological polar surface area (TPSA) is 15.3 Å². The maximum absolute atomic E-state index is 3.59. The molecule has 2 rings (SSSR count). The van der Waals surface area contributed by atoms with Crippen LogP contribution in [0.25, 0.3) is 0 Å². The number of hydrogen-bond donors (Lipinski definition) is 1. The van der Waals surface area contributed by atoms with Crippen molar-refractivity contribution in [1.29, 1.82) is 0 Å². The van der Waals surface area contributed by atoms with E-state index in [9.17, 15) is 0 Å². The predicted octanol–water partition coefficient (Wildman–Crippen LogP) is 1.72. The SMILES string of the molecule is CC1CCN(CC2CCC(C)NC2)C1. The van der Waals surface area contributed by atoms with Gasteiger partial charge in [-0.15, -0.1) is 0 Å². The molecule has 0 aliphatic carbocycles. The van der Waals surface area contributed by atoms with Crippen LogP contribution in [0.3, 0.4) is 0 Å². The first-order valence-corrected chi connectivity index (χ1v) is 6.20. The first-order valence-electron chi connectivity index (χ1n) is 6.20. The zero-order valence-electron chi connectivity index (χ0n) is 9.63. The highest BCUT2D eigenvalue weighted by Crippen LogP contribution is 2.20. The number of hydrogen-bond acceptors (Lipinski definition) is 2. The largest absolute Gasteiger partial charge is 0.314 e. The Balaban J connectivity index is 1.70. The Bertz CT molecular complexity index is 173. The van der Waals surface area contributed by atoms with E-state index in [2.05, 4.69) is 24.1 Å². The van der Waals surface area contributed by atoms with Crippen LogP contribution in [0, 0.1) is 11.8 Å². The summed E-state index contributed by atoms with van der Waals surface area (Å²) in [5.74, 6) is 1.85. The molecule has 2 nitrogen and oxygen atoms in total. The van der Waals surface area contributed by atoms with Crippen molar-refractivity contribution in [3.05, 3.63) is 0 Å². The normalized spacial score (nSPS) is 40.3. The van der Waals surface area contributed by atoms with Crippen LogP contribution in [-0.4, -0.2) is 37.1 Å². The summed E-state index contributed by atoms with van der Waals surface area (Å²) in [5, 5.41) is 3.59. The van der Waals surface area contributed by atoms with Crippen molar-refractivity contribution in [1.82, 2.24) is 10.2 Å². The summed E-state index contributed by atoms with van der Waals surface area (Å²) in [5.41, 5.74) is 0. The van der Waals surface area contributed by atoms with Gasteiger partial charge in [-0.1, -0.05) is 6.92 Å². The Morgan fingerprint density at radius 3 is 2.64 bits per heavy atom. The second kappa shape index (κ2) is 4.63. The van der Waals surface area contributed by atoms with Crippen LogP contribution in [0.15, 0.2) is 0 Å². The number of rotatable bonds is 2. The Hall–Kier alpha value is -0.0800. The highest BCUT2D eigenvalue weighted by atomic mass is 15.1. The van der Waals surface area contributed by atoms with Gasteiger partial charge in [0.25, 0.3) is 0 Å².